The van der Waals surface area contributed by atoms with Crippen LogP contribution in [0.3, 0.4) is 0 Å². The van der Waals surface area contributed by atoms with Crippen LogP contribution in [0.15, 0.2) is 28.7 Å². The maximum atomic E-state index is 11.3. The van der Waals surface area contributed by atoms with Gasteiger partial charge < -0.3 is 9.47 Å². The summed E-state index contributed by atoms with van der Waals surface area (Å²) in [6.45, 7) is 6.09. The Kier molecular flexibility index (Phi) is 8.06. The van der Waals surface area contributed by atoms with Crippen molar-refractivity contribution in [1.29, 1.82) is 0 Å². The van der Waals surface area contributed by atoms with E-state index in [-0.39, 0.29) is 12.1 Å². The molecule has 0 saturated carbocycles. The van der Waals surface area contributed by atoms with E-state index in [2.05, 4.69) is 39.0 Å². The van der Waals surface area contributed by atoms with Crippen molar-refractivity contribution in [3.05, 3.63) is 34.3 Å². The number of nitrogens with zero attached hydrogens (tertiary/aromatic N) is 1. The molecule has 0 aromatic heterocycles. The highest BCUT2D eigenvalue weighted by Crippen LogP contribution is 2.24. The van der Waals surface area contributed by atoms with Crippen LogP contribution in [0.1, 0.15) is 44.3 Å². The van der Waals surface area contributed by atoms with Crippen molar-refractivity contribution in [2.24, 2.45) is 0 Å². The Labute approximate surface area is 147 Å². The molecule has 1 heterocycles. The summed E-state index contributed by atoms with van der Waals surface area (Å²) in [6.07, 6.45) is 3.79. The van der Waals surface area contributed by atoms with E-state index in [1.54, 1.807) is 0 Å². The highest BCUT2D eigenvalue weighted by atomic mass is 79.9. The fourth-order valence-electron chi connectivity index (χ4n) is 2.83. The molecule has 4 nitrogen and oxygen atoms in total. The highest BCUT2D eigenvalue weighted by Gasteiger charge is 2.21. The van der Waals surface area contributed by atoms with Crippen LogP contribution >= 0.6 is 15.9 Å². The largest absolute Gasteiger partial charge is 0.466 e. The molecule has 0 aliphatic carbocycles. The minimum Gasteiger partial charge on any atom is -0.466 e. The molecule has 0 N–H and O–H groups in total. The molecule has 0 radical (unpaired) electrons. The summed E-state index contributed by atoms with van der Waals surface area (Å²) in [4.78, 5) is 13.7. The van der Waals surface area contributed by atoms with Gasteiger partial charge in [0.25, 0.3) is 0 Å². The summed E-state index contributed by atoms with van der Waals surface area (Å²) in [5, 5.41) is 0. The number of hydrogen-bond acceptors (Lipinski definition) is 4. The number of esters is 1. The molecule has 0 amide bonds. The molecule has 1 fully saturated rings. The summed E-state index contributed by atoms with van der Waals surface area (Å²) in [5.41, 5.74) is 1.23. The van der Waals surface area contributed by atoms with Crippen LogP contribution in [0.2, 0.25) is 0 Å². The first-order valence-electron chi connectivity index (χ1n) is 8.44. The fourth-order valence-corrected chi connectivity index (χ4v) is 3.25. The summed E-state index contributed by atoms with van der Waals surface area (Å²) in [7, 11) is 0. The standard InChI is InChI=1S/C18H26BrNO3/c1-2-22-18(21)9-4-3-5-10-20-11-12-23-17(14-20)15-7-6-8-16(19)13-15/h6-8,13,17H,2-5,9-12,14H2,1H3. The van der Waals surface area contributed by atoms with E-state index in [0.717, 1.165) is 50.0 Å². The molecule has 1 unspecified atom stereocenters. The molecule has 1 saturated heterocycles. The third-order valence-electron chi connectivity index (χ3n) is 4.03. The minimum absolute atomic E-state index is 0.0754. The van der Waals surface area contributed by atoms with E-state index >= 15 is 0 Å². The number of halogens is 1. The molecule has 5 heteroatoms. The number of ether oxygens (including phenoxy) is 2. The summed E-state index contributed by atoms with van der Waals surface area (Å²) >= 11 is 3.52. The number of carbonyl (C=O) groups is 1. The molecule has 1 aliphatic rings. The van der Waals surface area contributed by atoms with E-state index in [1.807, 2.05) is 13.0 Å². The van der Waals surface area contributed by atoms with E-state index in [9.17, 15) is 4.79 Å². The van der Waals surface area contributed by atoms with E-state index in [4.69, 9.17) is 9.47 Å². The fraction of sp³-hybridized carbons (Fsp3) is 0.611. The number of rotatable bonds is 8. The van der Waals surface area contributed by atoms with Gasteiger partial charge in [-0.05, 0) is 44.0 Å². The minimum atomic E-state index is -0.0754. The van der Waals surface area contributed by atoms with Gasteiger partial charge >= 0.3 is 5.97 Å². The van der Waals surface area contributed by atoms with Gasteiger partial charge in [0.15, 0.2) is 0 Å². The lowest BCUT2D eigenvalue weighted by Gasteiger charge is -2.33. The monoisotopic (exact) mass is 383 g/mol. The van der Waals surface area contributed by atoms with Crippen LogP contribution in [0.4, 0.5) is 0 Å². The van der Waals surface area contributed by atoms with Crippen LogP contribution in [-0.2, 0) is 14.3 Å². The number of benzene rings is 1. The summed E-state index contributed by atoms with van der Waals surface area (Å²) < 4.78 is 11.9. The van der Waals surface area contributed by atoms with Crippen LogP contribution in [0.5, 0.6) is 0 Å². The Bertz CT molecular complexity index is 495. The maximum Gasteiger partial charge on any atom is 0.305 e. The average Bonchev–Trinajstić information content (AvgIpc) is 2.55. The predicted molar refractivity (Wildman–Crippen MR) is 94.4 cm³/mol. The highest BCUT2D eigenvalue weighted by molar-refractivity contribution is 9.10. The van der Waals surface area contributed by atoms with Crippen molar-refractivity contribution in [3.63, 3.8) is 0 Å². The third kappa shape index (κ3) is 6.61. The van der Waals surface area contributed by atoms with Gasteiger partial charge in [0.05, 0.1) is 19.3 Å². The van der Waals surface area contributed by atoms with Crippen molar-refractivity contribution in [2.45, 2.75) is 38.7 Å². The van der Waals surface area contributed by atoms with Crippen LogP contribution in [-0.4, -0.2) is 43.7 Å². The lowest BCUT2D eigenvalue weighted by Crippen LogP contribution is -2.38. The van der Waals surface area contributed by atoms with E-state index in [0.29, 0.717) is 13.0 Å². The Morgan fingerprint density at radius 2 is 2.26 bits per heavy atom. The zero-order chi connectivity index (χ0) is 16.5. The van der Waals surface area contributed by atoms with Crippen LogP contribution < -0.4 is 0 Å². The Morgan fingerprint density at radius 3 is 3.04 bits per heavy atom. The smallest absolute Gasteiger partial charge is 0.305 e. The van der Waals surface area contributed by atoms with E-state index < -0.39 is 0 Å². The van der Waals surface area contributed by atoms with Gasteiger partial charge in [0.2, 0.25) is 0 Å². The maximum absolute atomic E-state index is 11.3. The van der Waals surface area contributed by atoms with E-state index in [1.165, 1.54) is 5.56 Å². The molecular formula is C18H26BrNO3. The van der Waals surface area contributed by atoms with Gasteiger partial charge in [0.1, 0.15) is 0 Å². The zero-order valence-electron chi connectivity index (χ0n) is 13.8. The van der Waals surface area contributed by atoms with Gasteiger partial charge in [-0.2, -0.15) is 0 Å². The average molecular weight is 384 g/mol. The quantitative estimate of drug-likeness (QED) is 0.503. The van der Waals surface area contributed by atoms with Gasteiger partial charge in [-0.15, -0.1) is 0 Å². The molecule has 1 aromatic carbocycles. The molecular weight excluding hydrogens is 358 g/mol. The van der Waals surface area contributed by atoms with Crippen molar-refractivity contribution in [1.82, 2.24) is 4.90 Å². The first-order chi connectivity index (χ1) is 11.2. The third-order valence-corrected chi connectivity index (χ3v) is 4.52. The summed E-state index contributed by atoms with van der Waals surface area (Å²) in [5.74, 6) is -0.0754. The van der Waals surface area contributed by atoms with Crippen molar-refractivity contribution in [3.8, 4) is 0 Å². The topological polar surface area (TPSA) is 38.8 Å². The Morgan fingerprint density at radius 1 is 1.39 bits per heavy atom. The molecule has 2 rings (SSSR count). The Hall–Kier alpha value is -0.910. The molecule has 1 aliphatic heterocycles. The molecule has 128 valence electrons. The second kappa shape index (κ2) is 10.1. The number of hydrogen-bond donors (Lipinski definition) is 0. The molecule has 23 heavy (non-hydrogen) atoms. The zero-order valence-corrected chi connectivity index (χ0v) is 15.4. The number of morpholine rings is 1. The Balaban J connectivity index is 1.67. The summed E-state index contributed by atoms with van der Waals surface area (Å²) in [6, 6.07) is 8.34. The van der Waals surface area contributed by atoms with Gasteiger partial charge in [-0.25, -0.2) is 0 Å². The van der Waals surface area contributed by atoms with Gasteiger partial charge in [-0.3, -0.25) is 9.69 Å². The normalized spacial score (nSPS) is 18.8. The first-order valence-corrected chi connectivity index (χ1v) is 9.23. The lowest BCUT2D eigenvalue weighted by molar-refractivity contribution is -0.143. The van der Waals surface area contributed by atoms with Crippen molar-refractivity contribution < 1.29 is 14.3 Å². The molecule has 1 atom stereocenters. The second-order valence-corrected chi connectivity index (χ2v) is 6.75. The predicted octanol–water partition coefficient (Wildman–Crippen LogP) is 3.95. The first kappa shape index (κ1) is 18.4. The second-order valence-electron chi connectivity index (χ2n) is 5.83. The van der Waals surface area contributed by atoms with Gasteiger partial charge in [-0.1, -0.05) is 34.5 Å². The molecule has 0 bridgehead atoms. The van der Waals surface area contributed by atoms with Crippen molar-refractivity contribution in [2.75, 3.05) is 32.8 Å². The van der Waals surface area contributed by atoms with Crippen molar-refractivity contribution >= 4 is 21.9 Å². The van der Waals surface area contributed by atoms with Crippen LogP contribution in [0.25, 0.3) is 0 Å². The molecule has 0 spiro atoms. The number of unbranched alkanes of at least 4 members (excludes halogenated alkanes) is 2. The SMILES string of the molecule is CCOC(=O)CCCCCN1CCOC(c2cccc(Br)c2)C1. The van der Waals surface area contributed by atoms with Crippen LogP contribution in [0, 0.1) is 0 Å². The lowest BCUT2D eigenvalue weighted by atomic mass is 10.1. The van der Waals surface area contributed by atoms with Gasteiger partial charge in [0, 0.05) is 24.0 Å². The number of carbonyl (C=O) groups excluding carboxylic acids is 1. The molecule has 1 aromatic rings.